The van der Waals surface area contributed by atoms with Crippen LogP contribution >= 0.6 is 0 Å². The third-order valence-corrected chi connectivity index (χ3v) is 5.96. The van der Waals surface area contributed by atoms with Gasteiger partial charge >= 0.3 is 12.1 Å². The summed E-state index contributed by atoms with van der Waals surface area (Å²) in [6, 6.07) is 15.5. The molecule has 4 rings (SSSR count). The summed E-state index contributed by atoms with van der Waals surface area (Å²) in [5.41, 5.74) is 2.59. The van der Waals surface area contributed by atoms with E-state index in [-0.39, 0.29) is 23.6 Å². The molecule has 0 radical (unpaired) electrons. The Balaban J connectivity index is 1.95. The molecule has 1 amide bonds. The molecule has 0 saturated heterocycles. The third kappa shape index (κ3) is 4.69. The number of hydrogen-bond donors (Lipinski definition) is 1. The Morgan fingerprint density at radius 3 is 2.23 bits per heavy atom. The number of ether oxygens (including phenoxy) is 3. The summed E-state index contributed by atoms with van der Waals surface area (Å²) in [6.45, 7) is 6.15. The van der Waals surface area contributed by atoms with E-state index in [9.17, 15) is 9.59 Å². The zero-order valence-electron chi connectivity index (χ0n) is 20.9. The molecule has 8 heteroatoms. The lowest BCUT2D eigenvalue weighted by atomic mass is 10.0. The lowest BCUT2D eigenvalue weighted by Crippen LogP contribution is -2.39. The van der Waals surface area contributed by atoms with Crippen LogP contribution in [-0.2, 0) is 11.3 Å². The molecule has 3 aromatic rings. The fourth-order valence-corrected chi connectivity index (χ4v) is 4.31. The number of carbonyl (C=O) groups excluding carboxylic acids is 2. The largest absolute Gasteiger partial charge is 0.497 e. The van der Waals surface area contributed by atoms with E-state index in [1.54, 1.807) is 21.2 Å². The summed E-state index contributed by atoms with van der Waals surface area (Å²) < 4.78 is 16.9. The van der Waals surface area contributed by atoms with Crippen molar-refractivity contribution in [2.75, 3.05) is 31.4 Å². The van der Waals surface area contributed by atoms with Crippen LogP contribution in [-0.4, -0.2) is 44.3 Å². The maximum atomic E-state index is 12.6. The molecule has 0 bridgehead atoms. The first-order valence-electron chi connectivity index (χ1n) is 11.5. The highest BCUT2D eigenvalue weighted by Gasteiger charge is 2.38. The number of carbonyl (C=O) groups is 2. The van der Waals surface area contributed by atoms with Crippen molar-refractivity contribution in [3.05, 3.63) is 54.1 Å². The van der Waals surface area contributed by atoms with Gasteiger partial charge in [0.15, 0.2) is 11.5 Å². The highest BCUT2D eigenvalue weighted by molar-refractivity contribution is 6.10. The smallest absolute Gasteiger partial charge is 0.414 e. The van der Waals surface area contributed by atoms with Crippen LogP contribution in [0.2, 0.25) is 0 Å². The van der Waals surface area contributed by atoms with Gasteiger partial charge in [0.25, 0.3) is 0 Å². The van der Waals surface area contributed by atoms with Crippen molar-refractivity contribution in [2.24, 2.45) is 5.92 Å². The molecule has 35 heavy (non-hydrogen) atoms. The Morgan fingerprint density at radius 1 is 1.00 bits per heavy atom. The highest BCUT2D eigenvalue weighted by Crippen LogP contribution is 2.54. The number of esters is 1. The van der Waals surface area contributed by atoms with Crippen molar-refractivity contribution < 1.29 is 23.8 Å². The fourth-order valence-electron chi connectivity index (χ4n) is 4.31. The molecule has 3 aromatic carbocycles. The van der Waals surface area contributed by atoms with Crippen molar-refractivity contribution >= 4 is 34.2 Å². The quantitative estimate of drug-likeness (QED) is 0.384. The summed E-state index contributed by atoms with van der Waals surface area (Å²) >= 11 is 0. The van der Waals surface area contributed by atoms with Crippen molar-refractivity contribution in [3.8, 4) is 17.2 Å². The topological polar surface area (TPSA) is 80.3 Å². The minimum absolute atomic E-state index is 0.0791. The maximum absolute atomic E-state index is 12.6. The van der Waals surface area contributed by atoms with Crippen molar-refractivity contribution in [3.63, 3.8) is 0 Å². The van der Waals surface area contributed by atoms with Gasteiger partial charge in [-0.05, 0) is 23.6 Å². The normalized spacial score (nSPS) is 14.5. The molecule has 0 saturated carbocycles. The number of amides is 1. The zero-order valence-corrected chi connectivity index (χ0v) is 20.9. The van der Waals surface area contributed by atoms with Gasteiger partial charge in [0.2, 0.25) is 0 Å². The number of methoxy groups -OCH3 is 1. The second-order valence-corrected chi connectivity index (χ2v) is 9.09. The van der Waals surface area contributed by atoms with Gasteiger partial charge in [0.05, 0.1) is 12.8 Å². The van der Waals surface area contributed by atoms with Crippen LogP contribution in [0.4, 0.5) is 16.2 Å². The van der Waals surface area contributed by atoms with E-state index in [2.05, 4.69) is 24.1 Å². The van der Waals surface area contributed by atoms with Crippen LogP contribution in [0.1, 0.15) is 26.3 Å². The average Bonchev–Trinajstić information content (AvgIpc) is 3.21. The summed E-state index contributed by atoms with van der Waals surface area (Å²) in [7, 11) is 4.85. The number of nitrogens with one attached hydrogen (secondary N) is 1. The Morgan fingerprint density at radius 2 is 1.66 bits per heavy atom. The molecule has 1 atom stereocenters. The first-order valence-corrected chi connectivity index (χ1v) is 11.5. The van der Waals surface area contributed by atoms with Crippen LogP contribution in [0.3, 0.4) is 0 Å². The molecule has 184 valence electrons. The molecule has 1 unspecified atom stereocenters. The van der Waals surface area contributed by atoms with E-state index in [1.807, 2.05) is 48.5 Å². The summed E-state index contributed by atoms with van der Waals surface area (Å²) in [5.74, 6) is 0.947. The standard InChI is InChI=1S/C27H31N3O5/c1-16(2)26-28-22-20-9-7-8-10-21(20)24(35-27(32)29(4)5)25(34-17(3)31)23(22)30(26)15-18-11-13-19(33-6)14-12-18/h7-14,16,26,28H,15H2,1-6H3. The van der Waals surface area contributed by atoms with E-state index in [0.29, 0.717) is 17.6 Å². The third-order valence-electron chi connectivity index (χ3n) is 5.96. The Labute approximate surface area is 205 Å². The lowest BCUT2D eigenvalue weighted by Gasteiger charge is -2.30. The molecule has 1 N–H and O–H groups in total. The monoisotopic (exact) mass is 477 g/mol. The van der Waals surface area contributed by atoms with E-state index in [1.165, 1.54) is 11.8 Å². The maximum Gasteiger partial charge on any atom is 0.414 e. The Bertz CT molecular complexity index is 1250. The summed E-state index contributed by atoms with van der Waals surface area (Å²) in [6.07, 6.45) is -0.638. The van der Waals surface area contributed by atoms with Gasteiger partial charge in [-0.25, -0.2) is 4.79 Å². The van der Waals surface area contributed by atoms with E-state index in [4.69, 9.17) is 14.2 Å². The molecule has 1 aliphatic heterocycles. The predicted octanol–water partition coefficient (Wildman–Crippen LogP) is 5.25. The molecule has 1 heterocycles. The first kappa shape index (κ1) is 24.2. The van der Waals surface area contributed by atoms with Gasteiger partial charge in [0.1, 0.15) is 17.6 Å². The SMILES string of the molecule is COc1ccc(CN2c3c(OC(C)=O)c(OC(=O)N(C)C)c4ccccc4c3NC2C(C)C)cc1. The number of hydrogen-bond acceptors (Lipinski definition) is 7. The van der Waals surface area contributed by atoms with Crippen LogP contribution in [0.15, 0.2) is 48.5 Å². The van der Waals surface area contributed by atoms with Crippen LogP contribution in [0, 0.1) is 5.92 Å². The molecular weight excluding hydrogens is 446 g/mol. The number of anilines is 2. The van der Waals surface area contributed by atoms with Gasteiger partial charge in [-0.15, -0.1) is 0 Å². The summed E-state index contributed by atoms with van der Waals surface area (Å²) in [5, 5.41) is 5.20. The summed E-state index contributed by atoms with van der Waals surface area (Å²) in [4.78, 5) is 28.4. The van der Waals surface area contributed by atoms with Crippen molar-refractivity contribution in [1.82, 2.24) is 4.90 Å². The first-order chi connectivity index (χ1) is 16.7. The molecule has 0 fully saturated rings. The van der Waals surface area contributed by atoms with Crippen LogP contribution in [0.5, 0.6) is 17.2 Å². The van der Waals surface area contributed by atoms with Gasteiger partial charge in [-0.2, -0.15) is 0 Å². The molecular formula is C27H31N3O5. The zero-order chi connectivity index (χ0) is 25.3. The minimum atomic E-state index is -0.559. The van der Waals surface area contributed by atoms with Crippen molar-refractivity contribution in [2.45, 2.75) is 33.5 Å². The second-order valence-electron chi connectivity index (χ2n) is 9.09. The minimum Gasteiger partial charge on any atom is -0.497 e. The Kier molecular flexibility index (Phi) is 6.73. The molecule has 0 aromatic heterocycles. The van der Waals surface area contributed by atoms with E-state index >= 15 is 0 Å². The predicted molar refractivity (Wildman–Crippen MR) is 136 cm³/mol. The van der Waals surface area contributed by atoms with Gasteiger partial charge in [0, 0.05) is 38.3 Å². The van der Waals surface area contributed by atoms with Crippen LogP contribution in [0.25, 0.3) is 10.8 Å². The number of nitrogens with zero attached hydrogens (tertiary/aromatic N) is 2. The fraction of sp³-hybridized carbons (Fsp3) is 0.333. The number of fused-ring (bicyclic) bond motifs is 3. The highest BCUT2D eigenvalue weighted by atomic mass is 16.6. The van der Waals surface area contributed by atoms with Gasteiger partial charge < -0.3 is 29.3 Å². The Hall–Kier alpha value is -3.94. The lowest BCUT2D eigenvalue weighted by molar-refractivity contribution is -0.131. The molecule has 1 aliphatic rings. The molecule has 0 spiro atoms. The van der Waals surface area contributed by atoms with E-state index in [0.717, 1.165) is 22.4 Å². The second kappa shape index (κ2) is 9.74. The van der Waals surface area contributed by atoms with Gasteiger partial charge in [-0.1, -0.05) is 50.2 Å². The molecule has 0 aliphatic carbocycles. The van der Waals surface area contributed by atoms with Crippen molar-refractivity contribution in [1.29, 1.82) is 0 Å². The number of rotatable bonds is 6. The van der Waals surface area contributed by atoms with E-state index < -0.39 is 12.1 Å². The number of benzene rings is 3. The van der Waals surface area contributed by atoms with Crippen LogP contribution < -0.4 is 24.4 Å². The molecule has 8 nitrogen and oxygen atoms in total. The average molecular weight is 478 g/mol. The van der Waals surface area contributed by atoms with Gasteiger partial charge in [-0.3, -0.25) is 4.79 Å².